The highest BCUT2D eigenvalue weighted by molar-refractivity contribution is 7.89. The molecule has 0 unspecified atom stereocenters. The average Bonchev–Trinajstić information content (AvgIpc) is 3.16. The van der Waals surface area contributed by atoms with E-state index in [1.54, 1.807) is 35.0 Å². The van der Waals surface area contributed by atoms with Crippen molar-refractivity contribution in [2.75, 3.05) is 0 Å². The largest absolute Gasteiger partial charge is 0.347 e. The first-order valence-electron chi connectivity index (χ1n) is 12.5. The van der Waals surface area contributed by atoms with E-state index >= 15 is 0 Å². The van der Waals surface area contributed by atoms with E-state index in [1.165, 1.54) is 12.1 Å². The van der Waals surface area contributed by atoms with E-state index in [0.29, 0.717) is 32.9 Å². The van der Waals surface area contributed by atoms with E-state index in [9.17, 15) is 13.2 Å². The number of carbonyl (C=O) groups is 1. The molecule has 0 saturated heterocycles. The predicted molar refractivity (Wildman–Crippen MR) is 159 cm³/mol. The van der Waals surface area contributed by atoms with E-state index in [1.807, 2.05) is 24.3 Å². The lowest BCUT2D eigenvalue weighted by Crippen LogP contribution is -2.24. The number of primary sulfonamides is 1. The fraction of sp³-hybridized carbons (Fsp3) is 0.172. The molecule has 1 amide bonds. The number of hydrogen-bond acceptors (Lipinski definition) is 4. The zero-order chi connectivity index (χ0) is 28.4. The molecule has 40 heavy (non-hydrogen) atoms. The molecule has 1 aliphatic carbocycles. The minimum Gasteiger partial charge on any atom is -0.347 e. The molecule has 0 aliphatic heterocycles. The number of benzene rings is 3. The SMILES string of the molecule is NS(=O)(=O)c1ccc(CNC(=O)c2nn(-c3ccc(Cl)cc3Cl)c3c2CCCCC3=Cc2ccc(Cl)cc2)cc1. The minimum absolute atomic E-state index is 0.00601. The van der Waals surface area contributed by atoms with Crippen LogP contribution in [-0.2, 0) is 23.0 Å². The smallest absolute Gasteiger partial charge is 0.272 e. The number of rotatable bonds is 6. The van der Waals surface area contributed by atoms with Crippen LogP contribution in [-0.4, -0.2) is 24.1 Å². The van der Waals surface area contributed by atoms with Gasteiger partial charge in [0, 0.05) is 22.2 Å². The van der Waals surface area contributed by atoms with Crippen LogP contribution in [0.4, 0.5) is 0 Å². The van der Waals surface area contributed by atoms with Crippen molar-refractivity contribution in [3.05, 3.63) is 110 Å². The molecule has 0 atom stereocenters. The number of fused-ring (bicyclic) bond motifs is 1. The Labute approximate surface area is 247 Å². The van der Waals surface area contributed by atoms with E-state index < -0.39 is 10.0 Å². The van der Waals surface area contributed by atoms with E-state index in [-0.39, 0.29) is 17.3 Å². The van der Waals surface area contributed by atoms with Crippen LogP contribution in [0.5, 0.6) is 0 Å². The van der Waals surface area contributed by atoms with Gasteiger partial charge >= 0.3 is 0 Å². The molecular formula is C29H25Cl3N4O3S. The number of carbonyl (C=O) groups excluding carboxylic acids is 1. The van der Waals surface area contributed by atoms with Crippen LogP contribution < -0.4 is 10.5 Å². The number of halogens is 3. The molecule has 3 N–H and O–H groups in total. The van der Waals surface area contributed by atoms with Crippen LogP contribution in [0.15, 0.2) is 71.6 Å². The van der Waals surface area contributed by atoms with Crippen molar-refractivity contribution >= 4 is 62.4 Å². The fourth-order valence-corrected chi connectivity index (χ4v) is 5.86. The molecule has 0 spiro atoms. The molecule has 11 heteroatoms. The lowest BCUT2D eigenvalue weighted by molar-refractivity contribution is 0.0944. The summed E-state index contributed by atoms with van der Waals surface area (Å²) in [6, 6.07) is 18.8. The Kier molecular flexibility index (Phi) is 8.35. The van der Waals surface area contributed by atoms with E-state index in [0.717, 1.165) is 47.2 Å². The summed E-state index contributed by atoms with van der Waals surface area (Å²) >= 11 is 18.9. The molecule has 0 fully saturated rings. The molecule has 206 valence electrons. The molecule has 7 nitrogen and oxygen atoms in total. The molecule has 5 rings (SSSR count). The summed E-state index contributed by atoms with van der Waals surface area (Å²) in [6.07, 6.45) is 5.39. The van der Waals surface area contributed by atoms with Crippen molar-refractivity contribution < 1.29 is 13.2 Å². The number of nitrogens with one attached hydrogen (secondary N) is 1. The van der Waals surface area contributed by atoms with Crippen molar-refractivity contribution in [1.82, 2.24) is 15.1 Å². The van der Waals surface area contributed by atoms with Gasteiger partial charge in [-0.05, 0) is 90.9 Å². The van der Waals surface area contributed by atoms with Crippen molar-refractivity contribution in [2.45, 2.75) is 37.1 Å². The molecule has 3 aromatic carbocycles. The predicted octanol–water partition coefficient (Wildman–Crippen LogP) is 6.68. The van der Waals surface area contributed by atoms with Gasteiger partial charge in [-0.1, -0.05) is 59.1 Å². The first kappa shape index (κ1) is 28.4. The van der Waals surface area contributed by atoms with E-state index in [4.69, 9.17) is 45.0 Å². The van der Waals surface area contributed by atoms with Crippen molar-refractivity contribution in [3.8, 4) is 5.69 Å². The monoisotopic (exact) mass is 614 g/mol. The summed E-state index contributed by atoms with van der Waals surface area (Å²) in [5, 5.41) is 14.4. The summed E-state index contributed by atoms with van der Waals surface area (Å²) in [6.45, 7) is 0.181. The molecule has 1 aromatic heterocycles. The third-order valence-corrected chi connectivity index (χ3v) is 8.40. The summed E-state index contributed by atoms with van der Waals surface area (Å²) < 4.78 is 24.8. The third kappa shape index (κ3) is 6.27. The lowest BCUT2D eigenvalue weighted by Gasteiger charge is -2.13. The van der Waals surface area contributed by atoms with Gasteiger partial charge in [0.25, 0.3) is 5.91 Å². The second kappa shape index (κ2) is 11.8. The maximum atomic E-state index is 13.5. The van der Waals surface area contributed by atoms with Crippen molar-refractivity contribution in [2.24, 2.45) is 5.14 Å². The maximum absolute atomic E-state index is 13.5. The Hall–Kier alpha value is -3.14. The third-order valence-electron chi connectivity index (χ3n) is 6.68. The fourth-order valence-electron chi connectivity index (χ4n) is 4.73. The standard InChI is InChI=1S/C29H25Cl3N4O3S/c30-21-9-5-18(6-10-21)15-20-3-1-2-4-24-27(35-36(28(20)24)26-14-11-22(31)16-25(26)32)29(37)34-17-19-7-12-23(13-8-19)40(33,38)39/h5-16H,1-4,17H2,(H,34,37)(H2,33,38,39). The van der Waals surface area contributed by atoms with Crippen molar-refractivity contribution in [1.29, 1.82) is 0 Å². The second-order valence-corrected chi connectivity index (χ2v) is 12.3. The summed E-state index contributed by atoms with van der Waals surface area (Å²) in [7, 11) is -3.80. The van der Waals surface area contributed by atoms with Gasteiger partial charge in [0.05, 0.1) is 21.3 Å². The quantitative estimate of drug-likeness (QED) is 0.236. The second-order valence-electron chi connectivity index (χ2n) is 9.48. The van der Waals surface area contributed by atoms with Gasteiger partial charge in [-0.25, -0.2) is 18.2 Å². The lowest BCUT2D eigenvalue weighted by atomic mass is 10.0. The number of aromatic nitrogens is 2. The maximum Gasteiger partial charge on any atom is 0.272 e. The first-order chi connectivity index (χ1) is 19.1. The van der Waals surface area contributed by atoms with Crippen LogP contribution in [0.3, 0.4) is 0 Å². The molecule has 1 aliphatic rings. The Morgan fingerprint density at radius 1 is 0.950 bits per heavy atom. The highest BCUT2D eigenvalue weighted by Crippen LogP contribution is 2.37. The Morgan fingerprint density at radius 3 is 2.30 bits per heavy atom. The zero-order valence-electron chi connectivity index (χ0n) is 21.2. The number of nitrogens with zero attached hydrogens (tertiary/aromatic N) is 2. The number of sulfonamides is 1. The molecule has 4 aromatic rings. The van der Waals surface area contributed by atoms with Crippen LogP contribution in [0.1, 0.15) is 52.1 Å². The summed E-state index contributed by atoms with van der Waals surface area (Å²) in [4.78, 5) is 13.5. The van der Waals surface area contributed by atoms with Crippen LogP contribution in [0.25, 0.3) is 17.3 Å². The molecule has 0 bridgehead atoms. The number of allylic oxidation sites excluding steroid dienone is 1. The molecular weight excluding hydrogens is 591 g/mol. The summed E-state index contributed by atoms with van der Waals surface area (Å²) in [5.41, 5.74) is 5.33. The van der Waals surface area contributed by atoms with Crippen molar-refractivity contribution in [3.63, 3.8) is 0 Å². The van der Waals surface area contributed by atoms with Crippen LogP contribution in [0, 0.1) is 0 Å². The van der Waals surface area contributed by atoms with Crippen LogP contribution >= 0.6 is 34.8 Å². The highest BCUT2D eigenvalue weighted by Gasteiger charge is 2.28. The average molecular weight is 616 g/mol. The van der Waals surface area contributed by atoms with Gasteiger partial charge in [-0.3, -0.25) is 4.79 Å². The van der Waals surface area contributed by atoms with Gasteiger partial charge in [-0.2, -0.15) is 5.10 Å². The van der Waals surface area contributed by atoms with Gasteiger partial charge in [0.15, 0.2) is 5.69 Å². The molecule has 0 radical (unpaired) electrons. The first-order valence-corrected chi connectivity index (χ1v) is 15.2. The van der Waals surface area contributed by atoms with Gasteiger partial charge in [0.2, 0.25) is 10.0 Å². The van der Waals surface area contributed by atoms with Gasteiger partial charge in [0.1, 0.15) is 0 Å². The summed E-state index contributed by atoms with van der Waals surface area (Å²) in [5.74, 6) is -0.344. The minimum atomic E-state index is -3.80. The number of nitrogens with two attached hydrogens (primary N) is 1. The Morgan fingerprint density at radius 2 is 1.62 bits per heavy atom. The Balaban J connectivity index is 1.55. The highest BCUT2D eigenvalue weighted by atomic mass is 35.5. The molecule has 0 saturated carbocycles. The number of hydrogen-bond donors (Lipinski definition) is 2. The Bertz CT molecular complexity index is 1710. The van der Waals surface area contributed by atoms with Gasteiger partial charge in [-0.15, -0.1) is 0 Å². The topological polar surface area (TPSA) is 107 Å². The van der Waals surface area contributed by atoms with Gasteiger partial charge < -0.3 is 5.32 Å². The molecule has 1 heterocycles. The van der Waals surface area contributed by atoms with Crippen LogP contribution in [0.2, 0.25) is 15.1 Å². The number of amides is 1. The van der Waals surface area contributed by atoms with E-state index in [2.05, 4.69) is 11.4 Å². The normalized spacial score (nSPS) is 14.6. The zero-order valence-corrected chi connectivity index (χ0v) is 24.3.